The molecule has 0 saturated carbocycles. The van der Waals surface area contributed by atoms with Gasteiger partial charge in [0.2, 0.25) is 0 Å². The van der Waals surface area contributed by atoms with Crippen molar-refractivity contribution in [1.82, 2.24) is 0 Å². The van der Waals surface area contributed by atoms with Crippen LogP contribution in [0.1, 0.15) is 27.7 Å². The monoisotopic (exact) mass is 380 g/mol. The van der Waals surface area contributed by atoms with Gasteiger partial charge in [0.05, 0.1) is 9.83 Å². The average molecular weight is 380 g/mol. The first-order valence-electron chi connectivity index (χ1n) is 7.10. The fraction of sp³-hybridized carbons (Fsp3) is 0.714. The van der Waals surface area contributed by atoms with Gasteiger partial charge in [-0.1, -0.05) is 0 Å². The lowest BCUT2D eigenvalue weighted by Gasteiger charge is -2.42. The molecule has 136 valence electrons. The molecule has 1 heterocycles. The summed E-state index contributed by atoms with van der Waals surface area (Å²) in [4.78, 5) is 45.2. The van der Waals surface area contributed by atoms with Crippen LogP contribution in [0.25, 0.3) is 0 Å². The molecule has 0 amide bonds. The Morgan fingerprint density at radius 2 is 1.25 bits per heavy atom. The van der Waals surface area contributed by atoms with Crippen LogP contribution in [0.4, 0.5) is 0 Å². The maximum absolute atomic E-state index is 11.4. The first-order chi connectivity index (χ1) is 11.1. The van der Waals surface area contributed by atoms with Crippen LogP contribution in [-0.2, 0) is 38.1 Å². The van der Waals surface area contributed by atoms with Gasteiger partial charge in [-0.05, 0) is 0 Å². The molecule has 0 aromatic heterocycles. The number of hydrogen-bond donors (Lipinski definition) is 1. The third-order valence-electron chi connectivity index (χ3n) is 2.97. The molecule has 24 heavy (non-hydrogen) atoms. The summed E-state index contributed by atoms with van der Waals surface area (Å²) >= 11 is 5.56. The molecule has 0 aromatic carbocycles. The number of thioether (sulfide) groups is 1. The first-order valence-corrected chi connectivity index (χ1v) is 8.56. The number of esters is 4. The second kappa shape index (κ2) is 9.16. The first kappa shape index (κ1) is 20.6. The molecule has 8 nitrogen and oxygen atoms in total. The lowest BCUT2D eigenvalue weighted by atomic mass is 10.0. The molecule has 1 fully saturated rings. The van der Waals surface area contributed by atoms with Crippen LogP contribution in [0.15, 0.2) is 0 Å². The van der Waals surface area contributed by atoms with Gasteiger partial charge in [-0.25, -0.2) is 0 Å². The van der Waals surface area contributed by atoms with Crippen molar-refractivity contribution in [1.29, 1.82) is 0 Å². The summed E-state index contributed by atoms with van der Waals surface area (Å²) in [5, 5.41) is -0.531. The van der Waals surface area contributed by atoms with Crippen molar-refractivity contribution in [3.8, 4) is 0 Å². The zero-order chi connectivity index (χ0) is 18.4. The number of hydrogen-bond acceptors (Lipinski definition) is 10. The van der Waals surface area contributed by atoms with Crippen LogP contribution >= 0.6 is 24.4 Å². The Kier molecular flexibility index (Phi) is 7.88. The minimum absolute atomic E-state index is 0.0699. The minimum Gasteiger partial charge on any atom is -0.465 e. The Balaban J connectivity index is 3.11. The Morgan fingerprint density at radius 3 is 1.71 bits per heavy atom. The van der Waals surface area contributed by atoms with Gasteiger partial charge in [0.25, 0.3) is 0 Å². The fourth-order valence-corrected chi connectivity index (χ4v) is 4.14. The normalized spacial score (nSPS) is 29.3. The standard InChI is InChI=1S/C14H20O8S2/c1-6(15)19-5-10-11(20-7(2)16)12(21-8(3)17)13(14(23)24-10)22-9(4)18/h10-14,23H,5H2,1-4H3/t10-,11-,12-,13+,14-/m0/s1. The van der Waals surface area contributed by atoms with E-state index in [0.717, 1.165) is 0 Å². The predicted molar refractivity (Wildman–Crippen MR) is 87.4 cm³/mol. The van der Waals surface area contributed by atoms with Crippen molar-refractivity contribution in [2.75, 3.05) is 6.61 Å². The highest BCUT2D eigenvalue weighted by Crippen LogP contribution is 2.39. The van der Waals surface area contributed by atoms with Gasteiger partial charge in [0.1, 0.15) is 6.61 Å². The number of carbonyl (C=O) groups is 4. The highest BCUT2D eigenvalue weighted by molar-refractivity contribution is 8.10. The summed E-state index contributed by atoms with van der Waals surface area (Å²) in [6.45, 7) is 4.77. The van der Waals surface area contributed by atoms with Crippen molar-refractivity contribution in [2.45, 2.75) is 55.8 Å². The van der Waals surface area contributed by atoms with Gasteiger partial charge >= 0.3 is 23.9 Å². The third-order valence-corrected chi connectivity index (χ3v) is 4.93. The Labute approximate surface area is 149 Å². The van der Waals surface area contributed by atoms with Crippen LogP contribution in [-0.4, -0.2) is 58.6 Å². The van der Waals surface area contributed by atoms with Gasteiger partial charge in [0, 0.05) is 27.7 Å². The van der Waals surface area contributed by atoms with E-state index in [1.807, 2.05) is 0 Å². The molecule has 10 heteroatoms. The minimum atomic E-state index is -1.06. The lowest BCUT2D eigenvalue weighted by molar-refractivity contribution is -0.183. The van der Waals surface area contributed by atoms with E-state index < -0.39 is 52.0 Å². The molecule has 0 spiro atoms. The molecular formula is C14H20O8S2. The molecule has 1 saturated heterocycles. The van der Waals surface area contributed by atoms with Crippen LogP contribution in [0.3, 0.4) is 0 Å². The summed E-state index contributed by atoms with van der Waals surface area (Å²) in [5.74, 6) is -2.33. The van der Waals surface area contributed by atoms with E-state index in [9.17, 15) is 19.2 Å². The Bertz CT molecular complexity index is 509. The summed E-state index contributed by atoms with van der Waals surface area (Å²) < 4.78 is 20.1. The smallest absolute Gasteiger partial charge is 0.303 e. The molecule has 1 aliphatic heterocycles. The summed E-state index contributed by atoms with van der Waals surface area (Å²) in [5.41, 5.74) is 0. The molecule has 0 bridgehead atoms. The van der Waals surface area contributed by atoms with E-state index in [4.69, 9.17) is 18.9 Å². The van der Waals surface area contributed by atoms with Crippen LogP contribution in [0.5, 0.6) is 0 Å². The molecule has 1 rings (SSSR count). The molecule has 0 aliphatic carbocycles. The quantitative estimate of drug-likeness (QED) is 0.419. The number of ether oxygens (including phenoxy) is 4. The SMILES string of the molecule is CC(=O)OC[C@@H]1S[C@H](S)[C@H](OC(C)=O)[C@@H](OC(C)=O)[C@H]1OC(C)=O. The maximum atomic E-state index is 11.4. The third kappa shape index (κ3) is 6.23. The van der Waals surface area contributed by atoms with Crippen molar-refractivity contribution in [2.24, 2.45) is 0 Å². The van der Waals surface area contributed by atoms with Crippen LogP contribution < -0.4 is 0 Å². The number of rotatable bonds is 5. The Morgan fingerprint density at radius 1 is 0.792 bits per heavy atom. The fourth-order valence-electron chi connectivity index (χ4n) is 2.21. The topological polar surface area (TPSA) is 105 Å². The van der Waals surface area contributed by atoms with Crippen molar-refractivity contribution < 1.29 is 38.1 Å². The van der Waals surface area contributed by atoms with E-state index in [1.165, 1.54) is 39.5 Å². The molecule has 0 aromatic rings. The summed E-state index contributed by atoms with van der Waals surface area (Å²) in [6, 6.07) is 0. The summed E-state index contributed by atoms with van der Waals surface area (Å²) in [7, 11) is 0. The van der Waals surface area contributed by atoms with Gasteiger partial charge in [-0.15, -0.1) is 11.8 Å². The van der Waals surface area contributed by atoms with Gasteiger partial charge < -0.3 is 18.9 Å². The second-order valence-electron chi connectivity index (χ2n) is 5.09. The number of thiol groups is 1. The van der Waals surface area contributed by atoms with Gasteiger partial charge in [0.15, 0.2) is 18.3 Å². The van der Waals surface area contributed by atoms with Crippen LogP contribution in [0, 0.1) is 0 Å². The number of carbonyl (C=O) groups excluding carboxylic acids is 4. The highest BCUT2D eigenvalue weighted by atomic mass is 32.2. The van der Waals surface area contributed by atoms with E-state index in [0.29, 0.717) is 0 Å². The van der Waals surface area contributed by atoms with Gasteiger partial charge in [-0.3, -0.25) is 19.2 Å². The van der Waals surface area contributed by atoms with E-state index in [2.05, 4.69) is 12.6 Å². The molecular weight excluding hydrogens is 360 g/mol. The van der Waals surface area contributed by atoms with E-state index >= 15 is 0 Å². The highest BCUT2D eigenvalue weighted by Gasteiger charge is 2.50. The van der Waals surface area contributed by atoms with E-state index in [1.54, 1.807) is 0 Å². The zero-order valence-corrected chi connectivity index (χ0v) is 15.4. The molecule has 0 N–H and O–H groups in total. The second-order valence-corrected chi connectivity index (χ2v) is 7.38. The van der Waals surface area contributed by atoms with E-state index in [-0.39, 0.29) is 6.61 Å². The molecule has 5 atom stereocenters. The molecule has 0 unspecified atom stereocenters. The van der Waals surface area contributed by atoms with Crippen molar-refractivity contribution in [3.63, 3.8) is 0 Å². The average Bonchev–Trinajstić information content (AvgIpc) is 2.42. The molecule has 1 aliphatic rings. The lowest BCUT2D eigenvalue weighted by Crippen LogP contribution is -2.57. The largest absolute Gasteiger partial charge is 0.465 e. The molecule has 0 radical (unpaired) electrons. The zero-order valence-electron chi connectivity index (χ0n) is 13.7. The maximum Gasteiger partial charge on any atom is 0.303 e. The predicted octanol–water partition coefficient (Wildman–Crippen LogP) is 0.716. The summed E-state index contributed by atoms with van der Waals surface area (Å²) in [6.07, 6.45) is -2.93. The Hall–Kier alpha value is -1.42. The van der Waals surface area contributed by atoms with Crippen LogP contribution in [0.2, 0.25) is 0 Å². The van der Waals surface area contributed by atoms with Crippen molar-refractivity contribution in [3.05, 3.63) is 0 Å². The van der Waals surface area contributed by atoms with Gasteiger partial charge in [-0.2, -0.15) is 12.6 Å². The van der Waals surface area contributed by atoms with Crippen molar-refractivity contribution >= 4 is 48.3 Å².